The molecule has 3 rings (SSSR count). The van der Waals surface area contributed by atoms with Crippen molar-refractivity contribution in [2.75, 3.05) is 26.0 Å². The van der Waals surface area contributed by atoms with Crippen LogP contribution in [0.3, 0.4) is 0 Å². The van der Waals surface area contributed by atoms with Crippen LogP contribution in [0, 0.1) is 0 Å². The number of rotatable bonds is 6. The third-order valence-electron chi connectivity index (χ3n) is 4.72. The smallest absolute Gasteiger partial charge is 0.244 e. The maximum atomic E-state index is 13.0. The first kappa shape index (κ1) is 19.7. The van der Waals surface area contributed by atoms with Crippen molar-refractivity contribution < 1.29 is 14.3 Å². The molecule has 142 valence electrons. The standard InChI is InChI=1S/C20H20BrClN2O3/c1-24(12-18(25)23-16-11-15(22)7-8-17(16)27-2)19(26)20(9-10-20)13-3-5-14(21)6-4-13/h3-8,11H,9-10,12H2,1-2H3,(H,23,25). The fourth-order valence-electron chi connectivity index (χ4n) is 3.14. The number of ether oxygens (including phenoxy) is 1. The molecule has 0 spiro atoms. The minimum atomic E-state index is -0.510. The zero-order valence-corrected chi connectivity index (χ0v) is 17.4. The van der Waals surface area contributed by atoms with Gasteiger partial charge in [-0.15, -0.1) is 0 Å². The summed E-state index contributed by atoms with van der Waals surface area (Å²) in [7, 11) is 3.17. The molecule has 0 aliphatic heterocycles. The van der Waals surface area contributed by atoms with Crippen LogP contribution in [0.5, 0.6) is 5.75 Å². The summed E-state index contributed by atoms with van der Waals surface area (Å²) in [5.41, 5.74) is 0.952. The summed E-state index contributed by atoms with van der Waals surface area (Å²) in [6, 6.07) is 12.8. The van der Waals surface area contributed by atoms with Gasteiger partial charge in [-0.25, -0.2) is 0 Å². The van der Waals surface area contributed by atoms with Gasteiger partial charge in [-0.3, -0.25) is 9.59 Å². The lowest BCUT2D eigenvalue weighted by Gasteiger charge is -2.23. The van der Waals surface area contributed by atoms with Crippen LogP contribution < -0.4 is 10.1 Å². The molecule has 0 saturated heterocycles. The number of nitrogens with one attached hydrogen (secondary N) is 1. The van der Waals surface area contributed by atoms with E-state index < -0.39 is 5.41 Å². The van der Waals surface area contributed by atoms with Gasteiger partial charge in [-0.1, -0.05) is 39.7 Å². The number of nitrogens with zero attached hydrogens (tertiary/aromatic N) is 1. The molecule has 5 nitrogen and oxygen atoms in total. The quantitative estimate of drug-likeness (QED) is 0.715. The summed E-state index contributed by atoms with van der Waals surface area (Å²) in [6.07, 6.45) is 1.59. The highest BCUT2D eigenvalue weighted by molar-refractivity contribution is 9.10. The molecule has 1 aliphatic rings. The fourth-order valence-corrected chi connectivity index (χ4v) is 3.58. The topological polar surface area (TPSA) is 58.6 Å². The molecule has 1 fully saturated rings. The number of carbonyl (C=O) groups excluding carboxylic acids is 2. The molecule has 0 heterocycles. The van der Waals surface area contributed by atoms with Gasteiger partial charge in [0, 0.05) is 16.5 Å². The van der Waals surface area contributed by atoms with E-state index in [0.29, 0.717) is 16.5 Å². The highest BCUT2D eigenvalue weighted by Crippen LogP contribution is 2.49. The van der Waals surface area contributed by atoms with Gasteiger partial charge < -0.3 is 15.0 Å². The first-order valence-electron chi connectivity index (χ1n) is 8.51. The van der Waals surface area contributed by atoms with Gasteiger partial charge in [0.2, 0.25) is 11.8 Å². The van der Waals surface area contributed by atoms with Crippen molar-refractivity contribution in [1.82, 2.24) is 4.90 Å². The van der Waals surface area contributed by atoms with Gasteiger partial charge in [0.05, 0.1) is 24.8 Å². The maximum absolute atomic E-state index is 13.0. The summed E-state index contributed by atoms with van der Waals surface area (Å²) in [4.78, 5) is 26.9. The molecule has 0 unspecified atom stereocenters. The van der Waals surface area contributed by atoms with Gasteiger partial charge >= 0.3 is 0 Å². The van der Waals surface area contributed by atoms with Gasteiger partial charge in [0.1, 0.15) is 5.75 Å². The SMILES string of the molecule is COc1ccc(Cl)cc1NC(=O)CN(C)C(=O)C1(c2ccc(Br)cc2)CC1. The Morgan fingerprint density at radius 3 is 2.48 bits per heavy atom. The maximum Gasteiger partial charge on any atom is 0.244 e. The number of carbonyl (C=O) groups is 2. The van der Waals surface area contributed by atoms with Gasteiger partial charge in [0.25, 0.3) is 0 Å². The first-order valence-corrected chi connectivity index (χ1v) is 9.68. The van der Waals surface area contributed by atoms with Crippen molar-refractivity contribution in [3.8, 4) is 5.75 Å². The van der Waals surface area contributed by atoms with E-state index in [1.807, 2.05) is 24.3 Å². The van der Waals surface area contributed by atoms with Crippen LogP contribution in [0.25, 0.3) is 0 Å². The zero-order valence-electron chi connectivity index (χ0n) is 15.1. The van der Waals surface area contributed by atoms with Crippen LogP contribution in [-0.4, -0.2) is 37.4 Å². The molecule has 1 N–H and O–H groups in total. The van der Waals surface area contributed by atoms with Gasteiger partial charge in [0.15, 0.2) is 0 Å². The third kappa shape index (κ3) is 4.28. The average molecular weight is 452 g/mol. The number of halogens is 2. The Morgan fingerprint density at radius 2 is 1.89 bits per heavy atom. The van der Waals surface area contributed by atoms with Crippen molar-refractivity contribution in [1.29, 1.82) is 0 Å². The number of likely N-dealkylation sites (N-methyl/N-ethyl adjacent to an activating group) is 1. The predicted octanol–water partition coefficient (Wildman–Crippen LogP) is 4.24. The Morgan fingerprint density at radius 1 is 1.22 bits per heavy atom. The van der Waals surface area contributed by atoms with E-state index in [2.05, 4.69) is 21.2 Å². The summed E-state index contributed by atoms with van der Waals surface area (Å²) in [5, 5.41) is 3.25. The Labute approximate surface area is 171 Å². The number of methoxy groups -OCH3 is 1. The molecule has 1 aliphatic carbocycles. The molecular formula is C20H20BrClN2O3. The second-order valence-electron chi connectivity index (χ2n) is 6.64. The van der Waals surface area contributed by atoms with Crippen LogP contribution in [0.4, 0.5) is 5.69 Å². The molecule has 0 aromatic heterocycles. The Bertz CT molecular complexity index is 866. The van der Waals surface area contributed by atoms with Crippen molar-refractivity contribution in [3.05, 3.63) is 57.5 Å². The Balaban J connectivity index is 1.67. The van der Waals surface area contributed by atoms with Crippen LogP contribution in [0.15, 0.2) is 46.9 Å². The van der Waals surface area contributed by atoms with Crippen molar-refractivity contribution in [2.45, 2.75) is 18.3 Å². The molecule has 27 heavy (non-hydrogen) atoms. The zero-order chi connectivity index (χ0) is 19.6. The molecule has 0 radical (unpaired) electrons. The molecule has 1 saturated carbocycles. The summed E-state index contributed by atoms with van der Waals surface area (Å²) in [5.74, 6) is 0.159. The highest BCUT2D eigenvalue weighted by Gasteiger charge is 2.52. The second kappa shape index (κ2) is 7.90. The molecule has 2 aromatic rings. The van der Waals surface area contributed by atoms with Gasteiger partial charge in [-0.05, 0) is 48.7 Å². The van der Waals surface area contributed by atoms with Crippen molar-refractivity contribution in [2.24, 2.45) is 0 Å². The molecule has 0 bridgehead atoms. The fraction of sp³-hybridized carbons (Fsp3) is 0.300. The molecular weight excluding hydrogens is 432 g/mol. The van der Waals surface area contributed by atoms with Crippen LogP contribution in [0.2, 0.25) is 5.02 Å². The van der Waals surface area contributed by atoms with E-state index in [1.165, 1.54) is 12.0 Å². The largest absolute Gasteiger partial charge is 0.495 e. The minimum absolute atomic E-state index is 0.0435. The highest BCUT2D eigenvalue weighted by atomic mass is 79.9. The predicted molar refractivity (Wildman–Crippen MR) is 109 cm³/mol. The van der Waals surface area contributed by atoms with E-state index in [0.717, 1.165) is 22.9 Å². The lowest BCUT2D eigenvalue weighted by molar-refractivity contribution is -0.135. The van der Waals surface area contributed by atoms with Crippen molar-refractivity contribution in [3.63, 3.8) is 0 Å². The molecule has 7 heteroatoms. The second-order valence-corrected chi connectivity index (χ2v) is 8.00. The van der Waals surface area contributed by atoms with Crippen LogP contribution in [-0.2, 0) is 15.0 Å². The third-order valence-corrected chi connectivity index (χ3v) is 5.48. The Kier molecular flexibility index (Phi) is 5.77. The first-order chi connectivity index (χ1) is 12.9. The van der Waals surface area contributed by atoms with E-state index >= 15 is 0 Å². The number of hydrogen-bond acceptors (Lipinski definition) is 3. The summed E-state index contributed by atoms with van der Waals surface area (Å²) < 4.78 is 6.20. The summed E-state index contributed by atoms with van der Waals surface area (Å²) in [6.45, 7) is -0.0488. The number of hydrogen-bond donors (Lipinski definition) is 1. The van der Waals surface area contributed by atoms with Crippen molar-refractivity contribution >= 4 is 45.0 Å². The number of benzene rings is 2. The average Bonchev–Trinajstić information content (AvgIpc) is 3.43. The normalized spacial score (nSPS) is 14.4. The van der Waals surface area contributed by atoms with Crippen LogP contribution in [0.1, 0.15) is 18.4 Å². The lowest BCUT2D eigenvalue weighted by Crippen LogP contribution is -2.41. The van der Waals surface area contributed by atoms with E-state index in [-0.39, 0.29) is 18.4 Å². The lowest BCUT2D eigenvalue weighted by atomic mass is 9.94. The van der Waals surface area contributed by atoms with E-state index in [1.54, 1.807) is 25.2 Å². The molecule has 2 aromatic carbocycles. The van der Waals surface area contributed by atoms with Crippen LogP contribution >= 0.6 is 27.5 Å². The monoisotopic (exact) mass is 450 g/mol. The van der Waals surface area contributed by atoms with E-state index in [9.17, 15) is 9.59 Å². The van der Waals surface area contributed by atoms with E-state index in [4.69, 9.17) is 16.3 Å². The number of anilines is 1. The molecule has 0 atom stereocenters. The van der Waals surface area contributed by atoms with Gasteiger partial charge in [-0.2, -0.15) is 0 Å². The Hall–Kier alpha value is -2.05. The minimum Gasteiger partial charge on any atom is -0.495 e. The number of amides is 2. The summed E-state index contributed by atoms with van der Waals surface area (Å²) >= 11 is 9.40. The molecule has 2 amide bonds.